The molecule has 0 unspecified atom stereocenters. The van der Waals surface area contributed by atoms with Crippen LogP contribution in [0.4, 0.5) is 11.4 Å². The van der Waals surface area contributed by atoms with E-state index in [2.05, 4.69) is 15.5 Å². The zero-order chi connectivity index (χ0) is 16.1. The lowest BCUT2D eigenvalue weighted by molar-refractivity contribution is 0.0971. The van der Waals surface area contributed by atoms with E-state index in [0.717, 1.165) is 11.4 Å². The summed E-state index contributed by atoms with van der Waals surface area (Å²) in [6, 6.07) is 20.4. The molecule has 6 nitrogen and oxygen atoms in total. The fraction of sp³-hybridized carbons (Fsp3) is 0. The Hall–Kier alpha value is -3.41. The molecular weight excluding hydrogens is 290 g/mol. The van der Waals surface area contributed by atoms with Gasteiger partial charge in [-0.2, -0.15) is 5.10 Å². The van der Waals surface area contributed by atoms with E-state index in [9.17, 15) is 4.79 Å². The van der Waals surface area contributed by atoms with Crippen LogP contribution in [0, 0.1) is 5.41 Å². The molecule has 0 aliphatic carbocycles. The van der Waals surface area contributed by atoms with Crippen LogP contribution < -0.4 is 10.2 Å². The van der Waals surface area contributed by atoms with Crippen molar-refractivity contribution >= 4 is 23.2 Å². The number of benzene rings is 2. The van der Waals surface area contributed by atoms with Crippen LogP contribution in [0.3, 0.4) is 0 Å². The standard InChI is InChI=1S/C17H15N5O/c18-17(20-16(23)15-11-12-19-21-15)22(13-7-3-1-4-8-13)14-9-5-2-6-10-14/h1-12H,(H,19,21)(H2,18,20,23). The van der Waals surface area contributed by atoms with Crippen LogP contribution in [0.1, 0.15) is 10.5 Å². The molecule has 0 spiro atoms. The van der Waals surface area contributed by atoms with E-state index >= 15 is 0 Å². The highest BCUT2D eigenvalue weighted by Gasteiger charge is 2.18. The summed E-state index contributed by atoms with van der Waals surface area (Å²) >= 11 is 0. The van der Waals surface area contributed by atoms with E-state index in [1.807, 2.05) is 60.7 Å². The van der Waals surface area contributed by atoms with Gasteiger partial charge in [0, 0.05) is 17.6 Å². The third-order valence-electron chi connectivity index (χ3n) is 3.23. The lowest BCUT2D eigenvalue weighted by Gasteiger charge is -2.25. The predicted octanol–water partition coefficient (Wildman–Crippen LogP) is 2.91. The third-order valence-corrected chi connectivity index (χ3v) is 3.23. The first-order valence-electron chi connectivity index (χ1n) is 7.05. The summed E-state index contributed by atoms with van der Waals surface area (Å²) in [5.74, 6) is -0.452. The Morgan fingerprint density at radius 1 is 0.957 bits per heavy atom. The van der Waals surface area contributed by atoms with E-state index in [1.54, 1.807) is 11.0 Å². The zero-order valence-corrected chi connectivity index (χ0v) is 12.2. The molecule has 3 aromatic rings. The number of carbonyl (C=O) groups is 1. The molecule has 0 aliphatic heterocycles. The Balaban J connectivity index is 1.89. The van der Waals surface area contributed by atoms with Gasteiger partial charge in [-0.15, -0.1) is 0 Å². The smallest absolute Gasteiger partial charge is 0.275 e. The SMILES string of the molecule is N=C(NC(=O)c1ccn[nH]1)N(c1ccccc1)c1ccccc1. The average molecular weight is 305 g/mol. The van der Waals surface area contributed by atoms with Crippen LogP contribution in [-0.2, 0) is 0 Å². The van der Waals surface area contributed by atoms with Crippen molar-refractivity contribution in [2.24, 2.45) is 0 Å². The van der Waals surface area contributed by atoms with E-state index in [1.165, 1.54) is 6.20 Å². The van der Waals surface area contributed by atoms with Crippen LogP contribution in [0.2, 0.25) is 0 Å². The maximum Gasteiger partial charge on any atom is 0.275 e. The number of guanidine groups is 1. The maximum absolute atomic E-state index is 12.1. The monoisotopic (exact) mass is 305 g/mol. The second-order valence-electron chi connectivity index (χ2n) is 4.78. The van der Waals surface area contributed by atoms with Gasteiger partial charge in [0.05, 0.1) is 0 Å². The highest BCUT2D eigenvalue weighted by Crippen LogP contribution is 2.24. The summed E-state index contributed by atoms with van der Waals surface area (Å²) in [6.45, 7) is 0. The molecule has 1 amide bonds. The summed E-state index contributed by atoms with van der Waals surface area (Å²) in [5.41, 5.74) is 1.87. The zero-order valence-electron chi connectivity index (χ0n) is 12.2. The Bertz CT molecular complexity index is 745. The molecule has 0 saturated carbocycles. The minimum atomic E-state index is -0.413. The van der Waals surface area contributed by atoms with Gasteiger partial charge in [0.1, 0.15) is 5.69 Å². The lowest BCUT2D eigenvalue weighted by atomic mass is 10.2. The Labute approximate surface area is 133 Å². The van der Waals surface area contributed by atoms with E-state index in [-0.39, 0.29) is 5.96 Å². The molecule has 0 bridgehead atoms. The minimum Gasteiger partial charge on any atom is -0.291 e. The van der Waals surface area contributed by atoms with Gasteiger partial charge in [-0.1, -0.05) is 36.4 Å². The van der Waals surface area contributed by atoms with Crippen molar-refractivity contribution in [2.45, 2.75) is 0 Å². The molecule has 0 aliphatic rings. The van der Waals surface area contributed by atoms with Crippen molar-refractivity contribution in [3.63, 3.8) is 0 Å². The second kappa shape index (κ2) is 6.57. The number of aromatic amines is 1. The second-order valence-corrected chi connectivity index (χ2v) is 4.78. The Kier molecular flexibility index (Phi) is 4.15. The first-order valence-corrected chi connectivity index (χ1v) is 7.05. The maximum atomic E-state index is 12.1. The summed E-state index contributed by atoms with van der Waals surface area (Å²) in [5, 5.41) is 17.2. The number of H-pyrrole nitrogens is 1. The summed E-state index contributed by atoms with van der Waals surface area (Å²) in [4.78, 5) is 13.8. The molecule has 0 saturated heterocycles. The Morgan fingerprint density at radius 2 is 1.52 bits per heavy atom. The summed E-state index contributed by atoms with van der Waals surface area (Å²) in [7, 11) is 0. The van der Waals surface area contributed by atoms with Crippen LogP contribution in [0.15, 0.2) is 72.9 Å². The molecule has 6 heteroatoms. The van der Waals surface area contributed by atoms with Gasteiger partial charge >= 0.3 is 0 Å². The summed E-state index contributed by atoms with van der Waals surface area (Å²) < 4.78 is 0. The first-order chi connectivity index (χ1) is 11.3. The van der Waals surface area contributed by atoms with Crippen molar-refractivity contribution in [2.75, 3.05) is 4.90 Å². The number of hydrogen-bond donors (Lipinski definition) is 3. The molecule has 114 valence electrons. The normalized spacial score (nSPS) is 10.1. The van der Waals surface area contributed by atoms with Gasteiger partial charge in [0.2, 0.25) is 5.96 Å². The van der Waals surface area contributed by atoms with Crippen LogP contribution >= 0.6 is 0 Å². The Morgan fingerprint density at radius 3 is 2.00 bits per heavy atom. The number of hydrogen-bond acceptors (Lipinski definition) is 3. The van der Waals surface area contributed by atoms with Gasteiger partial charge in [-0.3, -0.25) is 25.5 Å². The fourth-order valence-corrected chi connectivity index (χ4v) is 2.17. The highest BCUT2D eigenvalue weighted by atomic mass is 16.2. The number of para-hydroxylation sites is 2. The van der Waals surface area contributed by atoms with Gasteiger partial charge < -0.3 is 0 Å². The highest BCUT2D eigenvalue weighted by molar-refractivity contribution is 6.11. The lowest BCUT2D eigenvalue weighted by Crippen LogP contribution is -2.41. The number of nitrogens with zero attached hydrogens (tertiary/aromatic N) is 2. The van der Waals surface area contributed by atoms with Crippen molar-refractivity contribution in [3.05, 3.63) is 78.6 Å². The van der Waals surface area contributed by atoms with Crippen molar-refractivity contribution in [1.82, 2.24) is 15.5 Å². The minimum absolute atomic E-state index is 0.0398. The molecule has 23 heavy (non-hydrogen) atoms. The van der Waals surface area contributed by atoms with E-state index < -0.39 is 5.91 Å². The van der Waals surface area contributed by atoms with Crippen molar-refractivity contribution < 1.29 is 4.79 Å². The topological polar surface area (TPSA) is 84.9 Å². The molecule has 3 N–H and O–H groups in total. The number of amides is 1. The van der Waals surface area contributed by atoms with Gasteiger partial charge in [0.15, 0.2) is 0 Å². The molecule has 1 heterocycles. The number of aromatic nitrogens is 2. The fourth-order valence-electron chi connectivity index (χ4n) is 2.17. The number of carbonyl (C=O) groups excluding carboxylic acids is 1. The molecular formula is C17H15N5O. The molecule has 0 radical (unpaired) electrons. The number of rotatable bonds is 3. The number of anilines is 2. The average Bonchev–Trinajstić information content (AvgIpc) is 3.12. The molecule has 0 fully saturated rings. The van der Waals surface area contributed by atoms with Crippen molar-refractivity contribution in [1.29, 1.82) is 5.41 Å². The largest absolute Gasteiger partial charge is 0.291 e. The number of nitrogens with one attached hydrogen (secondary N) is 3. The summed E-state index contributed by atoms with van der Waals surface area (Å²) in [6.07, 6.45) is 1.49. The predicted molar refractivity (Wildman–Crippen MR) is 88.8 cm³/mol. The molecule has 2 aromatic carbocycles. The van der Waals surface area contributed by atoms with Gasteiger partial charge in [-0.25, -0.2) is 0 Å². The van der Waals surface area contributed by atoms with Crippen LogP contribution in [0.25, 0.3) is 0 Å². The van der Waals surface area contributed by atoms with Crippen LogP contribution in [-0.4, -0.2) is 22.1 Å². The van der Waals surface area contributed by atoms with Gasteiger partial charge in [-0.05, 0) is 30.3 Å². The molecule has 0 atom stereocenters. The quantitative estimate of drug-likeness (QED) is 0.514. The third kappa shape index (κ3) is 3.26. The van der Waals surface area contributed by atoms with Crippen molar-refractivity contribution in [3.8, 4) is 0 Å². The molecule has 3 rings (SSSR count). The van der Waals surface area contributed by atoms with Gasteiger partial charge in [0.25, 0.3) is 5.91 Å². The van der Waals surface area contributed by atoms with E-state index in [4.69, 9.17) is 5.41 Å². The van der Waals surface area contributed by atoms with Crippen LogP contribution in [0.5, 0.6) is 0 Å². The molecule has 1 aromatic heterocycles. The van der Waals surface area contributed by atoms with E-state index in [0.29, 0.717) is 5.69 Å². The first kappa shape index (κ1) is 14.5.